The molecule has 0 aliphatic heterocycles. The van der Waals surface area contributed by atoms with Crippen molar-refractivity contribution in [1.29, 1.82) is 0 Å². The predicted octanol–water partition coefficient (Wildman–Crippen LogP) is 2.40. The van der Waals surface area contributed by atoms with Crippen LogP contribution in [0.25, 0.3) is 0 Å². The van der Waals surface area contributed by atoms with Gasteiger partial charge in [0.25, 0.3) is 0 Å². The lowest BCUT2D eigenvalue weighted by molar-refractivity contribution is 0.0991. The van der Waals surface area contributed by atoms with E-state index in [-0.39, 0.29) is 5.78 Å². The number of ketones is 1. The summed E-state index contributed by atoms with van der Waals surface area (Å²) in [6, 6.07) is 2.34. The average molecular weight is 260 g/mol. The van der Waals surface area contributed by atoms with Crippen LogP contribution in [0.1, 0.15) is 48.8 Å². The van der Waals surface area contributed by atoms with Gasteiger partial charge in [0.2, 0.25) is 0 Å². The van der Waals surface area contributed by atoms with Crippen LogP contribution in [-0.2, 0) is 13.5 Å². The van der Waals surface area contributed by atoms with Crippen molar-refractivity contribution >= 4 is 5.78 Å². The first-order valence-corrected chi connectivity index (χ1v) is 6.69. The van der Waals surface area contributed by atoms with E-state index < -0.39 is 0 Å². The third-order valence-electron chi connectivity index (χ3n) is 3.35. The first kappa shape index (κ1) is 13.5. The molecule has 0 unspecified atom stereocenters. The number of hydrogen-bond acceptors (Lipinski definition) is 3. The minimum atomic E-state index is 0.0582. The Balaban J connectivity index is 2.06. The van der Waals surface area contributed by atoms with Crippen molar-refractivity contribution in [2.75, 3.05) is 0 Å². The number of rotatable bonds is 6. The Hall–Kier alpha value is -1.91. The molecule has 2 heterocycles. The molecule has 0 aliphatic carbocycles. The Kier molecular flexibility index (Phi) is 4.14. The maximum atomic E-state index is 12.0. The van der Waals surface area contributed by atoms with E-state index in [0.29, 0.717) is 18.0 Å². The molecule has 5 heteroatoms. The van der Waals surface area contributed by atoms with E-state index in [4.69, 9.17) is 0 Å². The summed E-state index contributed by atoms with van der Waals surface area (Å²) >= 11 is 0. The predicted molar refractivity (Wildman–Crippen MR) is 73.1 cm³/mol. The molecule has 0 saturated heterocycles. The zero-order valence-electron chi connectivity index (χ0n) is 11.7. The van der Waals surface area contributed by atoms with Crippen LogP contribution in [0.4, 0.5) is 0 Å². The SMILES string of the molecule is CCC(CC)n1ccc(CC(=O)c2cnn(C)c2)n1. The summed E-state index contributed by atoms with van der Waals surface area (Å²) in [7, 11) is 1.80. The van der Waals surface area contributed by atoms with Crippen LogP contribution in [-0.4, -0.2) is 25.3 Å². The number of Topliss-reactive ketones (excluding diaryl/α,β-unsaturated/α-hetero) is 1. The van der Waals surface area contributed by atoms with E-state index in [1.165, 1.54) is 0 Å². The van der Waals surface area contributed by atoms with Crippen LogP contribution in [0.2, 0.25) is 0 Å². The van der Waals surface area contributed by atoms with Crippen LogP contribution in [0.3, 0.4) is 0 Å². The summed E-state index contributed by atoms with van der Waals surface area (Å²) in [5, 5.41) is 8.50. The van der Waals surface area contributed by atoms with Gasteiger partial charge in [-0.25, -0.2) is 0 Å². The fraction of sp³-hybridized carbons (Fsp3) is 0.500. The van der Waals surface area contributed by atoms with Crippen molar-refractivity contribution in [3.63, 3.8) is 0 Å². The van der Waals surface area contributed by atoms with Crippen LogP contribution in [0.15, 0.2) is 24.7 Å². The molecular weight excluding hydrogens is 240 g/mol. The molecular formula is C14H20N4O. The zero-order valence-corrected chi connectivity index (χ0v) is 11.7. The Morgan fingerprint density at radius 1 is 1.37 bits per heavy atom. The van der Waals surface area contributed by atoms with E-state index >= 15 is 0 Å². The number of aromatic nitrogens is 4. The first-order chi connectivity index (χ1) is 9.13. The van der Waals surface area contributed by atoms with Crippen LogP contribution >= 0.6 is 0 Å². The number of nitrogens with zero attached hydrogens (tertiary/aromatic N) is 4. The van der Waals surface area contributed by atoms with Gasteiger partial charge in [-0.2, -0.15) is 10.2 Å². The van der Waals surface area contributed by atoms with Crippen LogP contribution in [0.5, 0.6) is 0 Å². The number of hydrogen-bond donors (Lipinski definition) is 0. The van der Waals surface area contributed by atoms with Gasteiger partial charge in [0.05, 0.1) is 29.9 Å². The first-order valence-electron chi connectivity index (χ1n) is 6.69. The van der Waals surface area contributed by atoms with Gasteiger partial charge < -0.3 is 0 Å². The van der Waals surface area contributed by atoms with Crippen molar-refractivity contribution in [3.8, 4) is 0 Å². The van der Waals surface area contributed by atoms with Gasteiger partial charge in [-0.3, -0.25) is 14.2 Å². The summed E-state index contributed by atoms with van der Waals surface area (Å²) in [4.78, 5) is 12.0. The highest BCUT2D eigenvalue weighted by molar-refractivity contribution is 5.96. The third kappa shape index (κ3) is 3.10. The highest BCUT2D eigenvalue weighted by Crippen LogP contribution is 2.15. The number of carbonyl (C=O) groups excluding carboxylic acids is 1. The van der Waals surface area contributed by atoms with Gasteiger partial charge in [0, 0.05) is 19.4 Å². The molecule has 2 aromatic rings. The average Bonchev–Trinajstić information content (AvgIpc) is 3.00. The van der Waals surface area contributed by atoms with Crippen LogP contribution in [0, 0.1) is 0 Å². The largest absolute Gasteiger partial charge is 0.294 e. The second kappa shape index (κ2) is 5.82. The summed E-state index contributed by atoms with van der Waals surface area (Å²) in [6.07, 6.45) is 7.73. The van der Waals surface area contributed by atoms with Gasteiger partial charge in [-0.1, -0.05) is 13.8 Å². The number of aryl methyl sites for hydroxylation is 1. The van der Waals surface area contributed by atoms with Gasteiger partial charge in [0.15, 0.2) is 5.78 Å². The van der Waals surface area contributed by atoms with E-state index in [1.54, 1.807) is 24.1 Å². The molecule has 5 nitrogen and oxygen atoms in total. The molecule has 0 radical (unpaired) electrons. The highest BCUT2D eigenvalue weighted by atomic mass is 16.1. The minimum absolute atomic E-state index is 0.0582. The lowest BCUT2D eigenvalue weighted by Gasteiger charge is -2.12. The van der Waals surface area contributed by atoms with Crippen molar-refractivity contribution in [1.82, 2.24) is 19.6 Å². The fourth-order valence-corrected chi connectivity index (χ4v) is 2.17. The molecule has 0 aromatic carbocycles. The molecule has 0 saturated carbocycles. The summed E-state index contributed by atoms with van der Waals surface area (Å²) in [6.45, 7) is 4.30. The van der Waals surface area contributed by atoms with Crippen molar-refractivity contribution in [2.24, 2.45) is 7.05 Å². The molecule has 0 amide bonds. The van der Waals surface area contributed by atoms with E-state index in [0.717, 1.165) is 18.5 Å². The Morgan fingerprint density at radius 2 is 2.11 bits per heavy atom. The summed E-state index contributed by atoms with van der Waals surface area (Å²) in [5.41, 5.74) is 1.46. The van der Waals surface area contributed by atoms with Gasteiger partial charge in [0.1, 0.15) is 0 Å². The standard InChI is InChI=1S/C14H20N4O/c1-4-13(5-2)18-7-6-12(16-18)8-14(19)11-9-15-17(3)10-11/h6-7,9-10,13H,4-5,8H2,1-3H3. The lowest BCUT2D eigenvalue weighted by atomic mass is 10.1. The molecule has 2 rings (SSSR count). The maximum Gasteiger partial charge on any atom is 0.172 e. The second-order valence-corrected chi connectivity index (χ2v) is 4.76. The minimum Gasteiger partial charge on any atom is -0.294 e. The molecule has 102 valence electrons. The Morgan fingerprint density at radius 3 is 2.68 bits per heavy atom. The smallest absolute Gasteiger partial charge is 0.172 e. The molecule has 2 aromatic heterocycles. The topological polar surface area (TPSA) is 52.7 Å². The Bertz CT molecular complexity index is 551. The summed E-state index contributed by atoms with van der Waals surface area (Å²) < 4.78 is 3.60. The lowest BCUT2D eigenvalue weighted by Crippen LogP contribution is -2.09. The van der Waals surface area contributed by atoms with Crippen molar-refractivity contribution in [2.45, 2.75) is 39.2 Å². The second-order valence-electron chi connectivity index (χ2n) is 4.76. The monoisotopic (exact) mass is 260 g/mol. The van der Waals surface area contributed by atoms with Crippen molar-refractivity contribution in [3.05, 3.63) is 35.9 Å². The number of carbonyl (C=O) groups is 1. The molecule has 0 spiro atoms. The molecule has 0 atom stereocenters. The van der Waals surface area contributed by atoms with Gasteiger partial charge in [-0.15, -0.1) is 0 Å². The van der Waals surface area contributed by atoms with E-state index in [1.807, 2.05) is 16.9 Å². The van der Waals surface area contributed by atoms with Gasteiger partial charge >= 0.3 is 0 Å². The Labute approximate surface area is 113 Å². The zero-order chi connectivity index (χ0) is 13.8. The maximum absolute atomic E-state index is 12.0. The fourth-order valence-electron chi connectivity index (χ4n) is 2.17. The molecule has 0 bridgehead atoms. The third-order valence-corrected chi connectivity index (χ3v) is 3.35. The van der Waals surface area contributed by atoms with Gasteiger partial charge in [-0.05, 0) is 18.9 Å². The molecule has 0 N–H and O–H groups in total. The quantitative estimate of drug-likeness (QED) is 0.749. The molecule has 19 heavy (non-hydrogen) atoms. The highest BCUT2D eigenvalue weighted by Gasteiger charge is 2.13. The molecule has 0 fully saturated rings. The van der Waals surface area contributed by atoms with E-state index in [2.05, 4.69) is 24.0 Å². The normalized spacial score (nSPS) is 11.2. The van der Waals surface area contributed by atoms with Crippen molar-refractivity contribution < 1.29 is 4.79 Å². The van der Waals surface area contributed by atoms with E-state index in [9.17, 15) is 4.79 Å². The molecule has 0 aliphatic rings. The van der Waals surface area contributed by atoms with Crippen LogP contribution < -0.4 is 0 Å². The summed E-state index contributed by atoms with van der Waals surface area (Å²) in [5.74, 6) is 0.0582.